The Morgan fingerprint density at radius 1 is 1.39 bits per heavy atom. The van der Waals surface area contributed by atoms with Crippen LogP contribution in [0.15, 0.2) is 27.9 Å². The second-order valence-electron chi connectivity index (χ2n) is 7.31. The molecule has 2 aromatic rings. The van der Waals surface area contributed by atoms with Gasteiger partial charge in [0.25, 0.3) is 0 Å². The second kappa shape index (κ2) is 11.5. The van der Waals surface area contributed by atoms with Crippen molar-refractivity contribution >= 4 is 46.6 Å². The molecule has 1 saturated heterocycles. The summed E-state index contributed by atoms with van der Waals surface area (Å²) in [6.45, 7) is 2.01. The Bertz CT molecular complexity index is 990. The van der Waals surface area contributed by atoms with Crippen molar-refractivity contribution in [3.05, 3.63) is 45.4 Å². The van der Waals surface area contributed by atoms with Crippen LogP contribution in [0.2, 0.25) is 5.02 Å². The van der Waals surface area contributed by atoms with Gasteiger partial charge in [-0.2, -0.15) is 13.2 Å². The number of nitrogens with zero attached hydrogens (tertiary/aromatic N) is 2. The van der Waals surface area contributed by atoms with Crippen LogP contribution in [0.5, 0.6) is 0 Å². The smallest absolute Gasteiger partial charge is 0.417 e. The van der Waals surface area contributed by atoms with Crippen LogP contribution in [0.1, 0.15) is 16.8 Å². The van der Waals surface area contributed by atoms with Crippen molar-refractivity contribution in [2.75, 3.05) is 32.0 Å². The largest absolute Gasteiger partial charge is 0.481 e. The number of carbonyl (C=O) groups excluding carboxylic acids is 1. The van der Waals surface area contributed by atoms with Gasteiger partial charge in [0.1, 0.15) is 0 Å². The number of ether oxygens (including phenoxy) is 1. The summed E-state index contributed by atoms with van der Waals surface area (Å²) in [6, 6.07) is 3.89. The van der Waals surface area contributed by atoms with E-state index >= 15 is 0 Å². The number of morpholine rings is 1. The van der Waals surface area contributed by atoms with Crippen LogP contribution in [0.3, 0.4) is 0 Å². The molecule has 0 bridgehead atoms. The lowest BCUT2D eigenvalue weighted by Gasteiger charge is -2.33. The van der Waals surface area contributed by atoms with Crippen LogP contribution in [-0.4, -0.2) is 65.0 Å². The lowest BCUT2D eigenvalue weighted by molar-refractivity contribution is -0.138. The second-order valence-corrected chi connectivity index (χ2v) is 9.80. The molecule has 1 aromatic heterocycles. The number of thioether (sulfide) groups is 1. The molecule has 0 radical (unpaired) electrons. The van der Waals surface area contributed by atoms with E-state index in [4.69, 9.17) is 21.4 Å². The molecule has 0 saturated carbocycles. The summed E-state index contributed by atoms with van der Waals surface area (Å²) in [5.74, 6) is -1.06. The monoisotopic (exact) mass is 523 g/mol. The Kier molecular flexibility index (Phi) is 8.99. The van der Waals surface area contributed by atoms with Gasteiger partial charge < -0.3 is 15.2 Å². The molecule has 1 aromatic carbocycles. The number of amides is 1. The maximum Gasteiger partial charge on any atom is 0.417 e. The number of aromatic nitrogens is 1. The van der Waals surface area contributed by atoms with Gasteiger partial charge in [-0.3, -0.25) is 14.5 Å². The van der Waals surface area contributed by atoms with E-state index in [1.807, 2.05) is 4.90 Å². The predicted octanol–water partition coefficient (Wildman–Crippen LogP) is 3.55. The summed E-state index contributed by atoms with van der Waals surface area (Å²) in [5.41, 5.74) is 0.0965. The first kappa shape index (κ1) is 25.8. The highest BCUT2D eigenvalue weighted by Gasteiger charge is 2.33. The molecule has 33 heavy (non-hydrogen) atoms. The molecular weight excluding hydrogens is 503 g/mol. The molecule has 2 N–H and O–H groups in total. The molecule has 1 aliphatic heterocycles. The van der Waals surface area contributed by atoms with Gasteiger partial charge in [-0.1, -0.05) is 29.4 Å². The van der Waals surface area contributed by atoms with Gasteiger partial charge in [0, 0.05) is 31.6 Å². The average Bonchev–Trinajstić information content (AvgIpc) is 3.18. The summed E-state index contributed by atoms with van der Waals surface area (Å²) in [4.78, 5) is 29.0. The third-order valence-corrected chi connectivity index (χ3v) is 7.08. The number of carboxylic acids is 1. The first-order valence-electron chi connectivity index (χ1n) is 9.85. The molecule has 2 heterocycles. The standard InChI is InChI=1S/C20H21ClF3N3O4S2/c21-16-2-1-12(5-15(16)20(22,23)24)8-27-3-4-31-14(9-27)7-25-17(28)11-33-19-26-13(10-32-19)6-18(29)30/h1-2,5,10,14H,3-4,6-9,11H2,(H,25,28)(H,29,30). The summed E-state index contributed by atoms with van der Waals surface area (Å²) < 4.78 is 45.5. The van der Waals surface area contributed by atoms with Gasteiger partial charge in [0.05, 0.1) is 41.2 Å². The first-order chi connectivity index (χ1) is 15.6. The number of carboxylic acid groups (broad SMARTS) is 1. The SMILES string of the molecule is O=C(O)Cc1csc(SCC(=O)NCC2CN(Cc3ccc(Cl)c(C(F)(F)F)c3)CCO2)n1. The Labute approximate surface area is 201 Å². The van der Waals surface area contributed by atoms with Gasteiger partial charge in [0.2, 0.25) is 5.91 Å². The minimum Gasteiger partial charge on any atom is -0.481 e. The summed E-state index contributed by atoms with van der Waals surface area (Å²) in [6.07, 6.45) is -4.96. The molecule has 7 nitrogen and oxygen atoms in total. The number of hydrogen-bond donors (Lipinski definition) is 2. The number of nitrogens with one attached hydrogen (secondary N) is 1. The molecule has 0 aliphatic carbocycles. The highest BCUT2D eigenvalue weighted by molar-refractivity contribution is 8.01. The van der Waals surface area contributed by atoms with E-state index in [-0.39, 0.29) is 35.8 Å². The van der Waals surface area contributed by atoms with Crippen molar-refractivity contribution < 1.29 is 32.6 Å². The molecule has 1 fully saturated rings. The Morgan fingerprint density at radius 2 is 2.18 bits per heavy atom. The predicted molar refractivity (Wildman–Crippen MR) is 119 cm³/mol. The van der Waals surface area contributed by atoms with E-state index < -0.39 is 17.7 Å². The fraction of sp³-hybridized carbons (Fsp3) is 0.450. The Balaban J connectivity index is 1.44. The van der Waals surface area contributed by atoms with Crippen LogP contribution in [-0.2, 0) is 33.5 Å². The molecule has 3 rings (SSSR count). The molecule has 0 spiro atoms. The van der Waals surface area contributed by atoms with Crippen molar-refractivity contribution in [2.24, 2.45) is 0 Å². The summed E-state index contributed by atoms with van der Waals surface area (Å²) in [7, 11) is 0. The molecule has 1 aliphatic rings. The zero-order valence-electron chi connectivity index (χ0n) is 17.2. The quantitative estimate of drug-likeness (QED) is 0.486. The maximum atomic E-state index is 13.1. The van der Waals surface area contributed by atoms with Crippen LogP contribution < -0.4 is 5.32 Å². The first-order valence-corrected chi connectivity index (χ1v) is 12.1. The van der Waals surface area contributed by atoms with Crippen LogP contribution in [0, 0.1) is 0 Å². The fourth-order valence-corrected chi connectivity index (χ4v) is 5.09. The zero-order chi connectivity index (χ0) is 24.0. The van der Waals surface area contributed by atoms with E-state index in [0.717, 1.165) is 6.07 Å². The molecule has 13 heteroatoms. The minimum absolute atomic E-state index is 0.126. The third kappa shape index (κ3) is 8.14. The van der Waals surface area contributed by atoms with Crippen LogP contribution >= 0.6 is 34.7 Å². The van der Waals surface area contributed by atoms with Crippen molar-refractivity contribution in [3.8, 4) is 0 Å². The number of benzene rings is 1. The fourth-order valence-electron chi connectivity index (χ4n) is 3.19. The number of rotatable bonds is 9. The van der Waals surface area contributed by atoms with Gasteiger partial charge >= 0.3 is 12.1 Å². The topological polar surface area (TPSA) is 91.8 Å². The minimum atomic E-state index is -4.51. The highest BCUT2D eigenvalue weighted by Crippen LogP contribution is 2.35. The molecule has 1 atom stereocenters. The van der Waals surface area contributed by atoms with Crippen molar-refractivity contribution in [1.29, 1.82) is 0 Å². The van der Waals surface area contributed by atoms with E-state index in [1.165, 1.54) is 29.2 Å². The number of alkyl halides is 3. The molecule has 180 valence electrons. The van der Waals surface area contributed by atoms with Gasteiger partial charge in [-0.25, -0.2) is 4.98 Å². The lowest BCUT2D eigenvalue weighted by Crippen LogP contribution is -2.47. The van der Waals surface area contributed by atoms with Gasteiger partial charge in [-0.15, -0.1) is 11.3 Å². The van der Waals surface area contributed by atoms with Crippen molar-refractivity contribution in [3.63, 3.8) is 0 Å². The normalized spacial score (nSPS) is 17.2. The van der Waals surface area contributed by atoms with E-state index in [2.05, 4.69) is 10.3 Å². The number of carbonyl (C=O) groups is 2. The molecular formula is C20H21ClF3N3O4S2. The maximum absolute atomic E-state index is 13.1. The zero-order valence-corrected chi connectivity index (χ0v) is 19.6. The number of hydrogen-bond acceptors (Lipinski definition) is 7. The van der Waals surface area contributed by atoms with Gasteiger partial charge in [0.15, 0.2) is 4.34 Å². The summed E-state index contributed by atoms with van der Waals surface area (Å²) >= 11 is 8.18. The van der Waals surface area contributed by atoms with Crippen molar-refractivity contribution in [2.45, 2.75) is 29.6 Å². The lowest BCUT2D eigenvalue weighted by atomic mass is 10.1. The highest BCUT2D eigenvalue weighted by atomic mass is 35.5. The summed E-state index contributed by atoms with van der Waals surface area (Å²) in [5, 5.41) is 12.9. The van der Waals surface area contributed by atoms with E-state index in [0.29, 0.717) is 41.8 Å². The van der Waals surface area contributed by atoms with E-state index in [1.54, 1.807) is 11.4 Å². The molecule has 1 amide bonds. The number of halogens is 4. The Hall–Kier alpha value is -1.86. The van der Waals surface area contributed by atoms with Crippen LogP contribution in [0.4, 0.5) is 13.2 Å². The van der Waals surface area contributed by atoms with Crippen molar-refractivity contribution in [1.82, 2.24) is 15.2 Å². The third-order valence-electron chi connectivity index (χ3n) is 4.68. The van der Waals surface area contributed by atoms with Gasteiger partial charge in [-0.05, 0) is 17.7 Å². The van der Waals surface area contributed by atoms with E-state index in [9.17, 15) is 22.8 Å². The average molecular weight is 524 g/mol. The Morgan fingerprint density at radius 3 is 2.91 bits per heavy atom. The number of thiazole rings is 1. The number of aliphatic carboxylic acids is 1. The van der Waals surface area contributed by atoms with Crippen LogP contribution in [0.25, 0.3) is 0 Å². The molecule has 1 unspecified atom stereocenters.